The third kappa shape index (κ3) is 3.69. The first-order chi connectivity index (χ1) is 10.0. The molecule has 21 heavy (non-hydrogen) atoms. The molecule has 0 aliphatic carbocycles. The number of halogens is 1. The standard InChI is InChI=1S/C17H20ClNO2/c1-11-4-6-16(20-2)12(8-11)9-15(19)14-10-13(18)5-7-17(14)21-3/h4-8,10,15H,9,19H2,1-3H3. The lowest BCUT2D eigenvalue weighted by molar-refractivity contribution is 0.400. The van der Waals surface area contributed by atoms with Crippen LogP contribution in [0, 0.1) is 6.92 Å². The summed E-state index contributed by atoms with van der Waals surface area (Å²) in [5.74, 6) is 1.59. The normalized spacial score (nSPS) is 12.0. The average molecular weight is 306 g/mol. The summed E-state index contributed by atoms with van der Waals surface area (Å²) >= 11 is 6.07. The van der Waals surface area contributed by atoms with Crippen molar-refractivity contribution in [2.24, 2.45) is 5.73 Å². The fourth-order valence-electron chi connectivity index (χ4n) is 2.41. The minimum absolute atomic E-state index is 0.214. The van der Waals surface area contributed by atoms with Crippen molar-refractivity contribution in [3.63, 3.8) is 0 Å². The molecule has 4 heteroatoms. The van der Waals surface area contributed by atoms with E-state index >= 15 is 0 Å². The first-order valence-corrected chi connectivity index (χ1v) is 7.15. The first-order valence-electron chi connectivity index (χ1n) is 6.77. The molecule has 0 heterocycles. The molecule has 0 bridgehead atoms. The van der Waals surface area contributed by atoms with Crippen LogP contribution in [0.3, 0.4) is 0 Å². The molecule has 0 aliphatic rings. The summed E-state index contributed by atoms with van der Waals surface area (Å²) in [6.45, 7) is 2.05. The van der Waals surface area contributed by atoms with Gasteiger partial charge in [0.25, 0.3) is 0 Å². The summed E-state index contributed by atoms with van der Waals surface area (Å²) in [7, 11) is 3.30. The van der Waals surface area contributed by atoms with Crippen molar-refractivity contribution in [2.75, 3.05) is 14.2 Å². The van der Waals surface area contributed by atoms with Gasteiger partial charge in [0.05, 0.1) is 14.2 Å². The molecule has 0 aromatic heterocycles. The van der Waals surface area contributed by atoms with Gasteiger partial charge in [-0.2, -0.15) is 0 Å². The number of ether oxygens (including phenoxy) is 2. The van der Waals surface area contributed by atoms with E-state index in [4.69, 9.17) is 26.8 Å². The molecule has 1 atom stereocenters. The van der Waals surface area contributed by atoms with Crippen LogP contribution in [0.15, 0.2) is 36.4 Å². The molecule has 2 rings (SSSR count). The monoisotopic (exact) mass is 305 g/mol. The minimum Gasteiger partial charge on any atom is -0.496 e. The van der Waals surface area contributed by atoms with Crippen molar-refractivity contribution in [1.82, 2.24) is 0 Å². The zero-order valence-corrected chi connectivity index (χ0v) is 13.3. The van der Waals surface area contributed by atoms with Crippen LogP contribution in [-0.4, -0.2) is 14.2 Å². The highest BCUT2D eigenvalue weighted by Crippen LogP contribution is 2.31. The van der Waals surface area contributed by atoms with Crippen LogP contribution >= 0.6 is 11.6 Å². The van der Waals surface area contributed by atoms with E-state index in [1.807, 2.05) is 24.3 Å². The van der Waals surface area contributed by atoms with E-state index < -0.39 is 0 Å². The smallest absolute Gasteiger partial charge is 0.123 e. The Morgan fingerprint density at radius 1 is 1.05 bits per heavy atom. The third-order valence-corrected chi connectivity index (χ3v) is 3.70. The van der Waals surface area contributed by atoms with E-state index in [2.05, 4.69) is 13.0 Å². The van der Waals surface area contributed by atoms with Gasteiger partial charge in [-0.1, -0.05) is 29.3 Å². The summed E-state index contributed by atoms with van der Waals surface area (Å²) in [4.78, 5) is 0. The lowest BCUT2D eigenvalue weighted by atomic mass is 9.97. The van der Waals surface area contributed by atoms with E-state index in [1.165, 1.54) is 5.56 Å². The molecule has 0 saturated carbocycles. The summed E-state index contributed by atoms with van der Waals surface area (Å²) < 4.78 is 10.8. The molecule has 1 unspecified atom stereocenters. The van der Waals surface area contributed by atoms with Gasteiger partial charge in [-0.05, 0) is 43.2 Å². The number of aryl methyl sites for hydroxylation is 1. The Balaban J connectivity index is 2.31. The molecule has 0 saturated heterocycles. The summed E-state index contributed by atoms with van der Waals surface area (Å²) in [5, 5.41) is 0.650. The maximum Gasteiger partial charge on any atom is 0.123 e. The van der Waals surface area contributed by atoms with Gasteiger partial charge in [-0.3, -0.25) is 0 Å². The highest BCUT2D eigenvalue weighted by atomic mass is 35.5. The van der Waals surface area contributed by atoms with Crippen LogP contribution in [0.1, 0.15) is 22.7 Å². The number of rotatable bonds is 5. The maximum absolute atomic E-state index is 6.35. The number of hydrogen-bond acceptors (Lipinski definition) is 3. The van der Waals surface area contributed by atoms with Gasteiger partial charge in [0.15, 0.2) is 0 Å². The Morgan fingerprint density at radius 2 is 1.71 bits per heavy atom. The topological polar surface area (TPSA) is 44.5 Å². The zero-order valence-electron chi connectivity index (χ0n) is 12.5. The second kappa shape index (κ2) is 6.83. The van der Waals surface area contributed by atoms with Gasteiger partial charge in [-0.25, -0.2) is 0 Å². The highest BCUT2D eigenvalue weighted by Gasteiger charge is 2.15. The molecular formula is C17H20ClNO2. The molecule has 112 valence electrons. The third-order valence-electron chi connectivity index (χ3n) is 3.47. The van der Waals surface area contributed by atoms with Gasteiger partial charge in [-0.15, -0.1) is 0 Å². The van der Waals surface area contributed by atoms with Gasteiger partial charge in [0.2, 0.25) is 0 Å². The molecule has 0 radical (unpaired) electrons. The fraction of sp³-hybridized carbons (Fsp3) is 0.294. The molecule has 0 fully saturated rings. The second-order valence-electron chi connectivity index (χ2n) is 5.01. The fourth-order valence-corrected chi connectivity index (χ4v) is 2.59. The van der Waals surface area contributed by atoms with Crippen molar-refractivity contribution in [1.29, 1.82) is 0 Å². The van der Waals surface area contributed by atoms with Gasteiger partial charge < -0.3 is 15.2 Å². The summed E-state index contributed by atoms with van der Waals surface area (Å²) in [6.07, 6.45) is 0.654. The predicted molar refractivity (Wildman–Crippen MR) is 86.4 cm³/mol. The van der Waals surface area contributed by atoms with Crippen molar-refractivity contribution in [3.8, 4) is 11.5 Å². The molecule has 2 aromatic rings. The summed E-state index contributed by atoms with van der Waals surface area (Å²) in [6, 6.07) is 11.4. The summed E-state index contributed by atoms with van der Waals surface area (Å²) in [5.41, 5.74) is 9.50. The van der Waals surface area contributed by atoms with Crippen LogP contribution in [-0.2, 0) is 6.42 Å². The van der Waals surface area contributed by atoms with Gasteiger partial charge in [0, 0.05) is 16.6 Å². The van der Waals surface area contributed by atoms with Crippen molar-refractivity contribution in [3.05, 3.63) is 58.1 Å². The van der Waals surface area contributed by atoms with Crippen molar-refractivity contribution >= 4 is 11.6 Å². The quantitative estimate of drug-likeness (QED) is 0.911. The maximum atomic E-state index is 6.35. The molecule has 3 nitrogen and oxygen atoms in total. The van der Waals surface area contributed by atoms with E-state index in [0.717, 1.165) is 22.6 Å². The molecule has 2 aromatic carbocycles. The Bertz CT molecular complexity index is 628. The zero-order chi connectivity index (χ0) is 15.4. The van der Waals surface area contributed by atoms with Crippen LogP contribution in [0.5, 0.6) is 11.5 Å². The van der Waals surface area contributed by atoms with Crippen molar-refractivity contribution < 1.29 is 9.47 Å². The Morgan fingerprint density at radius 3 is 2.38 bits per heavy atom. The van der Waals surface area contributed by atoms with E-state index in [9.17, 15) is 0 Å². The highest BCUT2D eigenvalue weighted by molar-refractivity contribution is 6.30. The van der Waals surface area contributed by atoms with Crippen LogP contribution in [0.25, 0.3) is 0 Å². The van der Waals surface area contributed by atoms with E-state index in [0.29, 0.717) is 11.4 Å². The lowest BCUT2D eigenvalue weighted by Crippen LogP contribution is -2.15. The molecule has 2 N–H and O–H groups in total. The molecule has 0 amide bonds. The minimum atomic E-state index is -0.214. The van der Waals surface area contributed by atoms with Gasteiger partial charge in [0.1, 0.15) is 11.5 Å². The van der Waals surface area contributed by atoms with Gasteiger partial charge >= 0.3 is 0 Å². The van der Waals surface area contributed by atoms with Crippen LogP contribution < -0.4 is 15.2 Å². The Hall–Kier alpha value is -1.71. The molecule has 0 aliphatic heterocycles. The predicted octanol–water partition coefficient (Wildman–Crippen LogP) is 3.91. The lowest BCUT2D eigenvalue weighted by Gasteiger charge is -2.18. The Kier molecular flexibility index (Phi) is 5.10. The molecule has 0 spiro atoms. The van der Waals surface area contributed by atoms with Crippen molar-refractivity contribution in [2.45, 2.75) is 19.4 Å². The number of benzene rings is 2. The van der Waals surface area contributed by atoms with Crippen LogP contribution in [0.2, 0.25) is 5.02 Å². The number of hydrogen-bond donors (Lipinski definition) is 1. The van der Waals surface area contributed by atoms with E-state index in [-0.39, 0.29) is 6.04 Å². The number of nitrogens with two attached hydrogens (primary N) is 1. The first kappa shape index (κ1) is 15.7. The number of methoxy groups -OCH3 is 2. The largest absolute Gasteiger partial charge is 0.496 e. The van der Waals surface area contributed by atoms with Crippen LogP contribution in [0.4, 0.5) is 0 Å². The van der Waals surface area contributed by atoms with E-state index in [1.54, 1.807) is 20.3 Å². The second-order valence-corrected chi connectivity index (χ2v) is 5.45. The molecular weight excluding hydrogens is 286 g/mol. The SMILES string of the molecule is COc1ccc(C)cc1CC(N)c1cc(Cl)ccc1OC. The average Bonchev–Trinajstić information content (AvgIpc) is 2.47. The Labute approximate surface area is 130 Å².